The minimum Gasteiger partial charge on any atom is -0.378 e. The van der Waals surface area contributed by atoms with Crippen LogP contribution in [-0.4, -0.2) is 37.5 Å². The van der Waals surface area contributed by atoms with Crippen molar-refractivity contribution in [3.63, 3.8) is 0 Å². The number of amides is 1. The van der Waals surface area contributed by atoms with Crippen LogP contribution >= 0.6 is 11.8 Å². The summed E-state index contributed by atoms with van der Waals surface area (Å²) in [6, 6.07) is 10.3. The van der Waals surface area contributed by atoms with Crippen LogP contribution in [0.3, 0.4) is 0 Å². The van der Waals surface area contributed by atoms with Crippen molar-refractivity contribution in [3.05, 3.63) is 52.6 Å². The molecule has 1 N–H and O–H groups in total. The van der Waals surface area contributed by atoms with E-state index in [1.807, 2.05) is 19.1 Å². The summed E-state index contributed by atoms with van der Waals surface area (Å²) in [7, 11) is 0. The summed E-state index contributed by atoms with van der Waals surface area (Å²) in [6.45, 7) is 13.9. The average Bonchev–Trinajstić information content (AvgIpc) is 2.70. The summed E-state index contributed by atoms with van der Waals surface area (Å²) in [5.74, 6) is 0.0297. The van der Waals surface area contributed by atoms with E-state index < -0.39 is 0 Å². The summed E-state index contributed by atoms with van der Waals surface area (Å²) in [6.07, 6.45) is 0. The molecule has 1 aliphatic heterocycles. The van der Waals surface area contributed by atoms with Gasteiger partial charge in [0.2, 0.25) is 5.91 Å². The van der Waals surface area contributed by atoms with Crippen LogP contribution in [-0.2, 0) is 9.53 Å². The molecule has 1 fully saturated rings. The molecule has 1 aliphatic rings. The Bertz CT molecular complexity index is 816. The Labute approximate surface area is 172 Å². The second-order valence-corrected chi connectivity index (χ2v) is 8.84. The molecule has 0 saturated carbocycles. The van der Waals surface area contributed by atoms with Crippen molar-refractivity contribution >= 4 is 29.0 Å². The predicted octanol–water partition coefficient (Wildman–Crippen LogP) is 4.88. The number of ether oxygens (including phenoxy) is 1. The molecule has 5 heteroatoms. The molecule has 1 atom stereocenters. The predicted molar refractivity (Wildman–Crippen MR) is 119 cm³/mol. The van der Waals surface area contributed by atoms with E-state index in [1.165, 1.54) is 32.8 Å². The first-order valence-corrected chi connectivity index (χ1v) is 10.7. The molecular formula is C23H30N2O2S. The molecule has 0 aromatic heterocycles. The number of benzene rings is 2. The lowest BCUT2D eigenvalue weighted by atomic mass is 10.0. The molecule has 1 saturated heterocycles. The van der Waals surface area contributed by atoms with E-state index in [4.69, 9.17) is 4.74 Å². The molecule has 0 aliphatic carbocycles. The van der Waals surface area contributed by atoms with Crippen molar-refractivity contribution in [2.24, 2.45) is 0 Å². The lowest BCUT2D eigenvalue weighted by molar-refractivity contribution is -0.115. The number of morpholine rings is 1. The highest BCUT2D eigenvalue weighted by Crippen LogP contribution is 2.34. The van der Waals surface area contributed by atoms with Crippen molar-refractivity contribution in [2.75, 3.05) is 36.5 Å². The van der Waals surface area contributed by atoms with Crippen LogP contribution < -0.4 is 10.2 Å². The molecule has 1 unspecified atom stereocenters. The molecule has 28 heavy (non-hydrogen) atoms. The van der Waals surface area contributed by atoms with Crippen LogP contribution in [0.1, 0.15) is 29.2 Å². The van der Waals surface area contributed by atoms with Gasteiger partial charge in [-0.1, -0.05) is 6.07 Å². The molecule has 4 nitrogen and oxygen atoms in total. The zero-order valence-electron chi connectivity index (χ0n) is 17.5. The quantitative estimate of drug-likeness (QED) is 0.729. The third-order valence-electron chi connectivity index (χ3n) is 5.47. The zero-order chi connectivity index (χ0) is 20.3. The van der Waals surface area contributed by atoms with Gasteiger partial charge in [0, 0.05) is 29.4 Å². The first-order chi connectivity index (χ1) is 13.4. The molecule has 0 bridgehead atoms. The minimum atomic E-state index is -0.169. The highest BCUT2D eigenvalue weighted by molar-refractivity contribution is 8.00. The minimum absolute atomic E-state index is 0.0297. The number of hydrogen-bond donors (Lipinski definition) is 1. The van der Waals surface area contributed by atoms with Gasteiger partial charge < -0.3 is 15.0 Å². The van der Waals surface area contributed by atoms with E-state index in [0.717, 1.165) is 32.0 Å². The molecule has 150 valence electrons. The summed E-state index contributed by atoms with van der Waals surface area (Å²) in [4.78, 5) is 16.3. The number of hydrogen-bond acceptors (Lipinski definition) is 4. The van der Waals surface area contributed by atoms with Gasteiger partial charge in [-0.3, -0.25) is 4.79 Å². The number of anilines is 2. The summed E-state index contributed by atoms with van der Waals surface area (Å²) >= 11 is 1.64. The van der Waals surface area contributed by atoms with E-state index in [2.05, 4.69) is 56.1 Å². The Hall–Kier alpha value is -1.98. The monoisotopic (exact) mass is 398 g/mol. The molecular weight excluding hydrogens is 368 g/mol. The van der Waals surface area contributed by atoms with Gasteiger partial charge in [0.1, 0.15) is 0 Å². The Kier molecular flexibility index (Phi) is 6.68. The molecule has 0 spiro atoms. The zero-order valence-corrected chi connectivity index (χ0v) is 18.3. The van der Waals surface area contributed by atoms with Crippen molar-refractivity contribution in [1.82, 2.24) is 0 Å². The second-order valence-electron chi connectivity index (χ2n) is 7.49. The fourth-order valence-corrected chi connectivity index (χ4v) is 4.60. The Morgan fingerprint density at radius 1 is 1.04 bits per heavy atom. The summed E-state index contributed by atoms with van der Waals surface area (Å²) < 4.78 is 5.40. The maximum absolute atomic E-state index is 12.7. The van der Waals surface area contributed by atoms with E-state index in [9.17, 15) is 4.79 Å². The number of rotatable bonds is 5. The van der Waals surface area contributed by atoms with Crippen molar-refractivity contribution in [1.29, 1.82) is 0 Å². The molecule has 2 aromatic carbocycles. The molecule has 0 radical (unpaired) electrons. The fraction of sp³-hybridized carbons (Fsp3) is 0.435. The van der Waals surface area contributed by atoms with Gasteiger partial charge in [-0.15, -0.1) is 11.8 Å². The number of thioether (sulfide) groups is 1. The third-order valence-corrected chi connectivity index (χ3v) is 6.89. The molecule has 1 heterocycles. The van der Waals surface area contributed by atoms with Crippen LogP contribution in [0.4, 0.5) is 11.4 Å². The number of aryl methyl sites for hydroxylation is 2. The molecule has 2 aromatic rings. The van der Waals surface area contributed by atoms with Gasteiger partial charge >= 0.3 is 0 Å². The number of carbonyl (C=O) groups excluding carboxylic acids is 1. The largest absolute Gasteiger partial charge is 0.378 e. The van der Waals surface area contributed by atoms with Gasteiger partial charge in [-0.05, 0) is 81.1 Å². The number of nitrogens with one attached hydrogen (secondary N) is 1. The number of nitrogens with zero attached hydrogens (tertiary/aromatic N) is 1. The van der Waals surface area contributed by atoms with Gasteiger partial charge in [-0.25, -0.2) is 0 Å². The Morgan fingerprint density at radius 2 is 1.61 bits per heavy atom. The third kappa shape index (κ3) is 4.70. The van der Waals surface area contributed by atoms with Gasteiger partial charge in [-0.2, -0.15) is 0 Å². The van der Waals surface area contributed by atoms with Crippen LogP contribution in [0, 0.1) is 27.7 Å². The molecule has 3 rings (SSSR count). The lowest BCUT2D eigenvalue weighted by Gasteiger charge is -2.29. The normalized spacial score (nSPS) is 15.4. The summed E-state index contributed by atoms with van der Waals surface area (Å²) in [5, 5.41) is 2.89. The average molecular weight is 399 g/mol. The van der Waals surface area contributed by atoms with Crippen LogP contribution in [0.15, 0.2) is 35.2 Å². The van der Waals surface area contributed by atoms with Crippen LogP contribution in [0.25, 0.3) is 0 Å². The highest BCUT2D eigenvalue weighted by Gasteiger charge is 2.19. The first kappa shape index (κ1) is 20.7. The van der Waals surface area contributed by atoms with E-state index in [-0.39, 0.29) is 11.2 Å². The topological polar surface area (TPSA) is 41.6 Å². The van der Waals surface area contributed by atoms with Crippen molar-refractivity contribution < 1.29 is 9.53 Å². The Morgan fingerprint density at radius 3 is 2.18 bits per heavy atom. The first-order valence-electron chi connectivity index (χ1n) is 9.84. The fourth-order valence-electron chi connectivity index (χ4n) is 3.41. The van der Waals surface area contributed by atoms with E-state index >= 15 is 0 Å². The lowest BCUT2D eigenvalue weighted by Crippen LogP contribution is -2.36. The van der Waals surface area contributed by atoms with Gasteiger partial charge in [0.25, 0.3) is 0 Å². The standard InChI is InChI=1S/C23H30N2O2S/c1-15-14-16(2)18(4)22(17(15)3)28-19(5)23(26)24-20-6-8-21(9-7-20)25-10-12-27-13-11-25/h6-9,14,19H,10-13H2,1-5H3,(H,24,26). The van der Waals surface area contributed by atoms with Crippen LogP contribution in [0.2, 0.25) is 0 Å². The SMILES string of the molecule is Cc1cc(C)c(C)c(SC(C)C(=O)Nc2ccc(N3CCOCC3)cc2)c1C. The number of carbonyl (C=O) groups is 1. The second kappa shape index (κ2) is 9.01. The summed E-state index contributed by atoms with van der Waals surface area (Å²) in [5.41, 5.74) is 7.09. The maximum Gasteiger partial charge on any atom is 0.237 e. The van der Waals surface area contributed by atoms with Crippen molar-refractivity contribution in [3.8, 4) is 0 Å². The highest BCUT2D eigenvalue weighted by atomic mass is 32.2. The smallest absolute Gasteiger partial charge is 0.237 e. The molecule has 1 amide bonds. The van der Waals surface area contributed by atoms with Crippen molar-refractivity contribution in [2.45, 2.75) is 44.8 Å². The van der Waals surface area contributed by atoms with E-state index in [0.29, 0.717) is 0 Å². The van der Waals surface area contributed by atoms with Gasteiger partial charge in [0.05, 0.1) is 18.5 Å². The van der Waals surface area contributed by atoms with E-state index in [1.54, 1.807) is 11.8 Å². The van der Waals surface area contributed by atoms with Gasteiger partial charge in [0.15, 0.2) is 0 Å². The van der Waals surface area contributed by atoms with Crippen LogP contribution in [0.5, 0.6) is 0 Å². The maximum atomic E-state index is 12.7. The Balaban J connectivity index is 1.65.